The summed E-state index contributed by atoms with van der Waals surface area (Å²) in [5.41, 5.74) is 10.1. The molecule has 0 unspecified atom stereocenters. The third-order valence-corrected chi connectivity index (χ3v) is 6.99. The van der Waals surface area contributed by atoms with Crippen LogP contribution in [0.3, 0.4) is 0 Å². The maximum Gasteiger partial charge on any atom is 0.490 e. The van der Waals surface area contributed by atoms with Gasteiger partial charge in [-0.1, -0.05) is 11.2 Å². The standard InChI is InChI=1S/C23H28N8OS.C2HF3O2/c1-33(32)14-15-9-19(6-7-20(15)30-8-2-3-17(25)13-30)27-21-10-22(28-18-4-5-18)31-23(29-21)16(11-24)12-26-31;3-2(4,5)1(6)7/h6-7,9-10,12,17-18,28H,2-5,8,13-14,25H2,1H3,(H,27,29);(H,6,7)/t17-,33+;/m0./s1. The van der Waals surface area contributed by atoms with Crippen LogP contribution >= 0.6 is 0 Å². The minimum Gasteiger partial charge on any atom is -0.616 e. The molecule has 1 saturated heterocycles. The first kappa shape index (κ1) is 29.2. The average Bonchev–Trinajstić information content (AvgIpc) is 3.59. The Kier molecular flexibility index (Phi) is 8.92. The normalized spacial score (nSPS) is 17.9. The highest BCUT2D eigenvalue weighted by Gasteiger charge is 2.38. The van der Waals surface area contributed by atoms with Gasteiger partial charge in [0.15, 0.2) is 5.65 Å². The molecule has 0 spiro atoms. The Hall–Kier alpha value is -3.74. The first-order valence-corrected chi connectivity index (χ1v) is 14.2. The van der Waals surface area contributed by atoms with Gasteiger partial charge in [-0.2, -0.15) is 28.0 Å². The summed E-state index contributed by atoms with van der Waals surface area (Å²) in [6.07, 6.45) is 2.52. The first-order valence-electron chi connectivity index (χ1n) is 12.5. The van der Waals surface area contributed by atoms with Crippen LogP contribution < -0.4 is 21.3 Å². The van der Waals surface area contributed by atoms with E-state index < -0.39 is 23.3 Å². The quantitative estimate of drug-likeness (QED) is 0.305. The summed E-state index contributed by atoms with van der Waals surface area (Å²) in [6, 6.07) is 10.8. The van der Waals surface area contributed by atoms with E-state index in [0.717, 1.165) is 61.5 Å². The molecule has 15 heteroatoms. The van der Waals surface area contributed by atoms with Crippen LogP contribution in [0, 0.1) is 11.3 Å². The van der Waals surface area contributed by atoms with Gasteiger partial charge in [0.25, 0.3) is 0 Å². The van der Waals surface area contributed by atoms with Crippen molar-refractivity contribution >= 4 is 45.8 Å². The number of halogens is 3. The number of anilines is 4. The number of nitriles is 1. The Bertz CT molecular complexity index is 1400. The SMILES string of the molecule is C[S@@+]([O-])Cc1cc(Nc2cc(NC3CC3)n3ncc(C#N)c3n2)ccc1N1CCC[C@H](N)C1.O=C(O)C(F)(F)F. The van der Waals surface area contributed by atoms with Gasteiger partial charge in [0.05, 0.1) is 12.5 Å². The van der Waals surface area contributed by atoms with Crippen molar-refractivity contribution < 1.29 is 27.6 Å². The zero-order valence-corrected chi connectivity index (χ0v) is 22.4. The summed E-state index contributed by atoms with van der Waals surface area (Å²) in [4.78, 5) is 15.8. The number of carboxylic acid groups (broad SMARTS) is 1. The molecule has 1 aliphatic carbocycles. The number of nitrogens with two attached hydrogens (primary N) is 1. The summed E-state index contributed by atoms with van der Waals surface area (Å²) in [6.45, 7) is 1.76. The number of rotatable bonds is 7. The van der Waals surface area contributed by atoms with Crippen molar-refractivity contribution in [1.82, 2.24) is 14.6 Å². The van der Waals surface area contributed by atoms with Crippen LogP contribution in [-0.2, 0) is 21.7 Å². The van der Waals surface area contributed by atoms with E-state index in [2.05, 4.69) is 37.8 Å². The minimum atomic E-state index is -5.08. The highest BCUT2D eigenvalue weighted by atomic mass is 32.2. The van der Waals surface area contributed by atoms with E-state index in [4.69, 9.17) is 15.6 Å². The third-order valence-electron chi connectivity index (χ3n) is 6.27. The second kappa shape index (κ2) is 12.2. The van der Waals surface area contributed by atoms with Crippen LogP contribution in [-0.4, -0.2) is 67.8 Å². The average molecular weight is 579 g/mol. The zero-order chi connectivity index (χ0) is 29.0. The lowest BCUT2D eigenvalue weighted by Crippen LogP contribution is -2.43. The predicted molar refractivity (Wildman–Crippen MR) is 145 cm³/mol. The van der Waals surface area contributed by atoms with E-state index in [1.807, 2.05) is 18.2 Å². The Labute approximate surface area is 231 Å². The molecule has 3 heterocycles. The Morgan fingerprint density at radius 2 is 2.05 bits per heavy atom. The number of aliphatic carboxylic acids is 1. The predicted octanol–water partition coefficient (Wildman–Crippen LogP) is 3.36. The number of benzene rings is 1. The van der Waals surface area contributed by atoms with Crippen molar-refractivity contribution in [3.8, 4) is 6.07 Å². The van der Waals surface area contributed by atoms with Crippen LogP contribution in [0.2, 0.25) is 0 Å². The monoisotopic (exact) mass is 578 g/mol. The van der Waals surface area contributed by atoms with Gasteiger partial charge in [-0.3, -0.25) is 0 Å². The summed E-state index contributed by atoms with van der Waals surface area (Å²) in [5, 5.41) is 27.8. The van der Waals surface area contributed by atoms with Crippen molar-refractivity contribution in [2.75, 3.05) is 34.9 Å². The molecule has 1 saturated carbocycles. The molecule has 0 bridgehead atoms. The van der Waals surface area contributed by atoms with Gasteiger partial charge in [-0.15, -0.1) is 0 Å². The summed E-state index contributed by atoms with van der Waals surface area (Å²) < 4.78 is 45.5. The summed E-state index contributed by atoms with van der Waals surface area (Å²) in [7, 11) is 0. The lowest BCUT2D eigenvalue weighted by molar-refractivity contribution is -0.192. The van der Waals surface area contributed by atoms with Gasteiger partial charge in [0.1, 0.15) is 29.0 Å². The lowest BCUT2D eigenvalue weighted by Gasteiger charge is -2.34. The second-order valence-corrected chi connectivity index (χ2v) is 11.1. The van der Waals surface area contributed by atoms with Crippen molar-refractivity contribution in [1.29, 1.82) is 5.26 Å². The number of carbonyl (C=O) groups is 1. The molecule has 2 atom stereocenters. The fourth-order valence-electron chi connectivity index (χ4n) is 4.33. The molecule has 2 aliphatic rings. The molecule has 0 amide bonds. The number of aromatic nitrogens is 3. The summed E-state index contributed by atoms with van der Waals surface area (Å²) in [5.74, 6) is -0.856. The smallest absolute Gasteiger partial charge is 0.490 e. The number of hydrogen-bond donors (Lipinski definition) is 4. The van der Waals surface area contributed by atoms with Gasteiger partial charge in [0.2, 0.25) is 0 Å². The topological polar surface area (TPSA) is 168 Å². The molecule has 1 aromatic carbocycles. The number of nitrogens with zero attached hydrogens (tertiary/aromatic N) is 5. The van der Waals surface area contributed by atoms with Crippen molar-refractivity contribution in [2.45, 2.75) is 49.7 Å². The van der Waals surface area contributed by atoms with E-state index >= 15 is 0 Å². The molecule has 2 fully saturated rings. The molecule has 2 aromatic heterocycles. The molecule has 1 aliphatic heterocycles. The molecular weight excluding hydrogens is 549 g/mol. The van der Waals surface area contributed by atoms with Gasteiger partial charge in [-0.05, 0) is 43.9 Å². The van der Waals surface area contributed by atoms with E-state index in [1.54, 1.807) is 10.8 Å². The van der Waals surface area contributed by atoms with Crippen LogP contribution in [0.1, 0.15) is 36.8 Å². The van der Waals surface area contributed by atoms with E-state index in [1.165, 1.54) is 6.20 Å². The number of fused-ring (bicyclic) bond motifs is 1. The highest BCUT2D eigenvalue weighted by Crippen LogP contribution is 2.31. The summed E-state index contributed by atoms with van der Waals surface area (Å²) >= 11 is -0.975. The number of carboxylic acids is 1. The maximum absolute atomic E-state index is 12.1. The fraction of sp³-hybridized carbons (Fsp3) is 0.440. The minimum absolute atomic E-state index is 0.162. The Morgan fingerprint density at radius 3 is 2.65 bits per heavy atom. The lowest BCUT2D eigenvalue weighted by atomic mass is 10.0. The van der Waals surface area contributed by atoms with Gasteiger partial charge in [0, 0.05) is 48.2 Å². The molecule has 0 radical (unpaired) electrons. The third kappa shape index (κ3) is 7.46. The molecule has 40 heavy (non-hydrogen) atoms. The molecule has 5 rings (SSSR count). The largest absolute Gasteiger partial charge is 0.616 e. The Morgan fingerprint density at radius 1 is 1.32 bits per heavy atom. The first-order chi connectivity index (χ1) is 18.9. The number of hydrogen-bond acceptors (Lipinski definition) is 9. The molecule has 3 aromatic rings. The number of alkyl halides is 3. The fourth-order valence-corrected chi connectivity index (χ4v) is 5.00. The molecule has 214 valence electrons. The van der Waals surface area contributed by atoms with Gasteiger partial charge < -0.3 is 30.9 Å². The molecule has 5 N–H and O–H groups in total. The number of piperidine rings is 1. The molecular formula is C25H29F3N8O3S. The highest BCUT2D eigenvalue weighted by molar-refractivity contribution is 7.89. The van der Waals surface area contributed by atoms with E-state index in [9.17, 15) is 23.0 Å². The van der Waals surface area contributed by atoms with Crippen LogP contribution in [0.5, 0.6) is 0 Å². The van der Waals surface area contributed by atoms with Gasteiger partial charge in [-0.25, -0.2) is 9.78 Å². The van der Waals surface area contributed by atoms with Crippen molar-refractivity contribution in [3.63, 3.8) is 0 Å². The molecule has 11 nitrogen and oxygen atoms in total. The van der Waals surface area contributed by atoms with E-state index in [0.29, 0.717) is 28.8 Å². The van der Waals surface area contributed by atoms with Crippen LogP contribution in [0.15, 0.2) is 30.5 Å². The van der Waals surface area contributed by atoms with E-state index in [-0.39, 0.29) is 6.04 Å². The Balaban J connectivity index is 0.000000470. The second-order valence-electron chi connectivity index (χ2n) is 9.69. The van der Waals surface area contributed by atoms with Crippen LogP contribution in [0.4, 0.5) is 36.2 Å². The van der Waals surface area contributed by atoms with Gasteiger partial charge >= 0.3 is 12.1 Å². The van der Waals surface area contributed by atoms with Crippen LogP contribution in [0.25, 0.3) is 5.65 Å². The number of nitrogens with one attached hydrogen (secondary N) is 2. The zero-order valence-electron chi connectivity index (χ0n) is 21.6. The van der Waals surface area contributed by atoms with Crippen molar-refractivity contribution in [2.24, 2.45) is 5.73 Å². The maximum atomic E-state index is 12.1. The van der Waals surface area contributed by atoms with Crippen molar-refractivity contribution in [3.05, 3.63) is 41.6 Å².